The van der Waals surface area contributed by atoms with Crippen molar-refractivity contribution in [2.45, 2.75) is 5.16 Å². The topological polar surface area (TPSA) is 69.0 Å². The average Bonchev–Trinajstić information content (AvgIpc) is 3.22. The van der Waals surface area contributed by atoms with E-state index in [4.69, 9.17) is 4.74 Å². The maximum absolute atomic E-state index is 14.6. The van der Waals surface area contributed by atoms with Crippen LogP contribution in [0.4, 0.5) is 14.5 Å². The minimum absolute atomic E-state index is 0.00689. The van der Waals surface area contributed by atoms with E-state index in [0.29, 0.717) is 28.0 Å². The maximum Gasteiger partial charge on any atom is 0.234 e. The van der Waals surface area contributed by atoms with Crippen molar-refractivity contribution in [3.05, 3.63) is 84.4 Å². The van der Waals surface area contributed by atoms with Crippen LogP contribution in [0.5, 0.6) is 5.75 Å². The van der Waals surface area contributed by atoms with Crippen molar-refractivity contribution in [1.82, 2.24) is 14.8 Å². The molecule has 4 aromatic rings. The largest absolute Gasteiger partial charge is 0.497 e. The number of ether oxygens (including phenoxy) is 1. The molecule has 4 rings (SSSR count). The van der Waals surface area contributed by atoms with Crippen molar-refractivity contribution in [3.8, 4) is 22.8 Å². The van der Waals surface area contributed by atoms with Gasteiger partial charge in [-0.1, -0.05) is 48.2 Å². The number of halogens is 2. The van der Waals surface area contributed by atoms with Gasteiger partial charge in [0, 0.05) is 23.4 Å². The summed E-state index contributed by atoms with van der Waals surface area (Å²) in [7, 11) is 1.54. The molecular weight excluding hydrogens is 434 g/mol. The predicted molar refractivity (Wildman–Crippen MR) is 119 cm³/mol. The number of hydrogen-bond donors (Lipinski definition) is 1. The van der Waals surface area contributed by atoms with E-state index in [9.17, 15) is 13.6 Å². The Hall–Kier alpha value is -3.72. The summed E-state index contributed by atoms with van der Waals surface area (Å²) in [6.07, 6.45) is 0. The number of hydrogen-bond acceptors (Lipinski definition) is 5. The van der Waals surface area contributed by atoms with Gasteiger partial charge in [0.05, 0.1) is 18.6 Å². The Bertz CT molecular complexity index is 1250. The van der Waals surface area contributed by atoms with Crippen LogP contribution in [0.15, 0.2) is 78.0 Å². The van der Waals surface area contributed by atoms with Gasteiger partial charge in [-0.3, -0.25) is 9.36 Å². The number of carbonyl (C=O) groups excluding carboxylic acids is 1. The molecule has 9 heteroatoms. The van der Waals surface area contributed by atoms with Gasteiger partial charge in [0.15, 0.2) is 11.0 Å². The molecule has 1 N–H and O–H groups in total. The Kier molecular flexibility index (Phi) is 6.46. The number of aromatic nitrogens is 3. The number of nitrogens with one attached hydrogen (secondary N) is 1. The number of benzene rings is 3. The molecule has 0 saturated carbocycles. The number of methoxy groups -OCH3 is 1. The fourth-order valence-corrected chi connectivity index (χ4v) is 3.79. The van der Waals surface area contributed by atoms with Crippen LogP contribution in [0.25, 0.3) is 17.1 Å². The zero-order valence-electron chi connectivity index (χ0n) is 17.0. The molecule has 0 unspecified atom stereocenters. The van der Waals surface area contributed by atoms with Crippen LogP contribution in [0, 0.1) is 11.6 Å². The molecule has 1 heterocycles. The number of anilines is 1. The number of rotatable bonds is 7. The normalized spacial score (nSPS) is 10.7. The zero-order valence-corrected chi connectivity index (χ0v) is 17.8. The van der Waals surface area contributed by atoms with Crippen LogP contribution in [0.2, 0.25) is 0 Å². The predicted octanol–water partition coefficient (Wildman–Crippen LogP) is 4.95. The molecule has 162 valence electrons. The van der Waals surface area contributed by atoms with E-state index in [-0.39, 0.29) is 17.3 Å². The first-order chi connectivity index (χ1) is 15.5. The van der Waals surface area contributed by atoms with Gasteiger partial charge in [-0.05, 0) is 24.3 Å². The molecule has 0 fully saturated rings. The number of nitrogens with zero attached hydrogens (tertiary/aromatic N) is 3. The first-order valence-electron chi connectivity index (χ1n) is 9.58. The van der Waals surface area contributed by atoms with Gasteiger partial charge >= 0.3 is 0 Å². The Labute approximate surface area is 187 Å². The molecule has 0 aliphatic rings. The highest BCUT2D eigenvalue weighted by molar-refractivity contribution is 7.99. The highest BCUT2D eigenvalue weighted by Crippen LogP contribution is 2.29. The zero-order chi connectivity index (χ0) is 22.5. The van der Waals surface area contributed by atoms with E-state index in [0.717, 1.165) is 23.9 Å². The Morgan fingerprint density at radius 2 is 1.84 bits per heavy atom. The molecule has 0 saturated heterocycles. The van der Waals surface area contributed by atoms with Crippen molar-refractivity contribution in [1.29, 1.82) is 0 Å². The fourth-order valence-electron chi connectivity index (χ4n) is 3.05. The smallest absolute Gasteiger partial charge is 0.234 e. The Morgan fingerprint density at radius 1 is 1.03 bits per heavy atom. The van der Waals surface area contributed by atoms with Gasteiger partial charge in [0.2, 0.25) is 5.91 Å². The second-order valence-corrected chi connectivity index (χ2v) is 7.61. The van der Waals surface area contributed by atoms with Gasteiger partial charge < -0.3 is 10.1 Å². The molecule has 0 spiro atoms. The van der Waals surface area contributed by atoms with Crippen molar-refractivity contribution in [3.63, 3.8) is 0 Å². The van der Waals surface area contributed by atoms with Crippen molar-refractivity contribution < 1.29 is 18.3 Å². The molecule has 0 aliphatic heterocycles. The fraction of sp³-hybridized carbons (Fsp3) is 0.0870. The molecule has 0 bridgehead atoms. The molecule has 6 nitrogen and oxygen atoms in total. The lowest BCUT2D eigenvalue weighted by molar-refractivity contribution is -0.113. The third kappa shape index (κ3) is 4.78. The van der Waals surface area contributed by atoms with Crippen LogP contribution < -0.4 is 10.1 Å². The van der Waals surface area contributed by atoms with Crippen LogP contribution in [-0.2, 0) is 4.79 Å². The third-order valence-electron chi connectivity index (χ3n) is 4.50. The van der Waals surface area contributed by atoms with E-state index in [2.05, 4.69) is 15.5 Å². The quantitative estimate of drug-likeness (QED) is 0.402. The van der Waals surface area contributed by atoms with Crippen molar-refractivity contribution in [2.24, 2.45) is 0 Å². The number of carbonyl (C=O) groups is 1. The number of amides is 1. The standard InChI is InChI=1S/C23H18F2N4O2S/c1-31-18-9-5-8-17(13-18)26-21(30)14-32-23-28-27-22(15-6-3-2-4-7-15)29(23)20-11-10-16(24)12-19(20)25/h2-13H,14H2,1H3,(H,26,30). The van der Waals surface area contributed by atoms with E-state index in [1.807, 2.05) is 30.3 Å². The monoisotopic (exact) mass is 452 g/mol. The first-order valence-corrected chi connectivity index (χ1v) is 10.6. The van der Waals surface area contributed by atoms with E-state index in [1.54, 1.807) is 31.4 Å². The van der Waals surface area contributed by atoms with E-state index < -0.39 is 11.6 Å². The lowest BCUT2D eigenvalue weighted by Gasteiger charge is -2.11. The summed E-state index contributed by atoms with van der Waals surface area (Å²) in [6.45, 7) is 0. The van der Waals surface area contributed by atoms with Gasteiger partial charge in [0.1, 0.15) is 17.4 Å². The lowest BCUT2D eigenvalue weighted by Crippen LogP contribution is -2.14. The highest BCUT2D eigenvalue weighted by atomic mass is 32.2. The molecule has 0 aliphatic carbocycles. The second kappa shape index (κ2) is 9.61. The molecule has 32 heavy (non-hydrogen) atoms. The van der Waals surface area contributed by atoms with E-state index >= 15 is 0 Å². The minimum Gasteiger partial charge on any atom is -0.497 e. The van der Waals surface area contributed by atoms with Crippen molar-refractivity contribution >= 4 is 23.4 Å². The molecule has 0 radical (unpaired) electrons. The maximum atomic E-state index is 14.6. The number of thioether (sulfide) groups is 1. The van der Waals surface area contributed by atoms with Crippen LogP contribution in [0.1, 0.15) is 0 Å². The summed E-state index contributed by atoms with van der Waals surface area (Å²) in [5.74, 6) is -0.718. The van der Waals surface area contributed by atoms with Crippen molar-refractivity contribution in [2.75, 3.05) is 18.2 Å². The van der Waals surface area contributed by atoms with Gasteiger partial charge in [-0.15, -0.1) is 10.2 Å². The third-order valence-corrected chi connectivity index (χ3v) is 5.43. The molecule has 1 amide bonds. The lowest BCUT2D eigenvalue weighted by atomic mass is 10.2. The average molecular weight is 452 g/mol. The Morgan fingerprint density at radius 3 is 2.59 bits per heavy atom. The molecule has 3 aromatic carbocycles. The van der Waals surface area contributed by atoms with Gasteiger partial charge in [-0.25, -0.2) is 8.78 Å². The summed E-state index contributed by atoms with van der Waals surface area (Å²) in [6, 6.07) is 19.4. The van der Waals surface area contributed by atoms with E-state index in [1.165, 1.54) is 10.6 Å². The highest BCUT2D eigenvalue weighted by Gasteiger charge is 2.20. The molecular formula is C23H18F2N4O2S. The summed E-state index contributed by atoms with van der Waals surface area (Å²) < 4.78 is 34.7. The minimum atomic E-state index is -0.760. The van der Waals surface area contributed by atoms with Crippen LogP contribution in [-0.4, -0.2) is 33.5 Å². The van der Waals surface area contributed by atoms with Crippen LogP contribution in [0.3, 0.4) is 0 Å². The second-order valence-electron chi connectivity index (χ2n) is 6.67. The summed E-state index contributed by atoms with van der Waals surface area (Å²) in [4.78, 5) is 12.5. The van der Waals surface area contributed by atoms with Gasteiger partial charge in [-0.2, -0.15) is 0 Å². The summed E-state index contributed by atoms with van der Waals surface area (Å²) in [5.41, 5.74) is 1.38. The molecule has 0 atom stereocenters. The van der Waals surface area contributed by atoms with Gasteiger partial charge in [0.25, 0.3) is 0 Å². The Balaban J connectivity index is 1.61. The first kappa shape index (κ1) is 21.5. The van der Waals surface area contributed by atoms with Crippen LogP contribution >= 0.6 is 11.8 Å². The molecule has 1 aromatic heterocycles. The summed E-state index contributed by atoms with van der Waals surface area (Å²) in [5, 5.41) is 11.4. The summed E-state index contributed by atoms with van der Waals surface area (Å²) >= 11 is 1.09. The SMILES string of the molecule is COc1cccc(NC(=O)CSc2nnc(-c3ccccc3)n2-c2ccc(F)cc2F)c1.